The minimum absolute atomic E-state index is 0.117. The Morgan fingerprint density at radius 1 is 1.25 bits per heavy atom. The number of piperidine rings is 1. The van der Waals surface area contributed by atoms with Gasteiger partial charge < -0.3 is 15.4 Å². The summed E-state index contributed by atoms with van der Waals surface area (Å²) in [6.07, 6.45) is 3.96. The molecular formula is C18H31N5O. The molecule has 1 fully saturated rings. The van der Waals surface area contributed by atoms with Gasteiger partial charge >= 0.3 is 0 Å². The number of pyridine rings is 1. The van der Waals surface area contributed by atoms with E-state index in [-0.39, 0.29) is 5.54 Å². The Bertz CT molecular complexity index is 538. The first-order valence-corrected chi connectivity index (χ1v) is 8.74. The fraction of sp³-hybridized carbons (Fsp3) is 0.667. The predicted octanol–water partition coefficient (Wildman–Crippen LogP) is 2.02. The van der Waals surface area contributed by atoms with E-state index in [0.29, 0.717) is 12.4 Å². The van der Waals surface area contributed by atoms with E-state index in [1.807, 2.05) is 18.2 Å². The topological polar surface area (TPSA) is 61.8 Å². The molecule has 0 amide bonds. The van der Waals surface area contributed by atoms with Crippen LogP contribution in [-0.2, 0) is 6.54 Å². The van der Waals surface area contributed by atoms with Gasteiger partial charge in [-0.3, -0.25) is 9.89 Å². The molecule has 1 aliphatic heterocycles. The normalized spacial score (nSPS) is 16.8. The van der Waals surface area contributed by atoms with Gasteiger partial charge in [-0.1, -0.05) is 12.5 Å². The summed E-state index contributed by atoms with van der Waals surface area (Å²) in [5.41, 5.74) is 1.04. The molecule has 0 aliphatic carbocycles. The van der Waals surface area contributed by atoms with Crippen LogP contribution in [0.5, 0.6) is 5.88 Å². The number of hydrogen-bond donors (Lipinski definition) is 2. The first kappa shape index (κ1) is 18.5. The number of methoxy groups -OCH3 is 1. The highest BCUT2D eigenvalue weighted by atomic mass is 16.5. The predicted molar refractivity (Wildman–Crippen MR) is 98.5 cm³/mol. The van der Waals surface area contributed by atoms with Crippen molar-refractivity contribution < 1.29 is 4.74 Å². The van der Waals surface area contributed by atoms with Gasteiger partial charge in [0, 0.05) is 25.2 Å². The number of likely N-dealkylation sites (tertiary alicyclic amines) is 1. The van der Waals surface area contributed by atoms with E-state index in [1.54, 1.807) is 14.2 Å². The fourth-order valence-corrected chi connectivity index (χ4v) is 2.98. The van der Waals surface area contributed by atoms with Gasteiger partial charge in [-0.15, -0.1) is 0 Å². The van der Waals surface area contributed by atoms with Gasteiger partial charge in [0.1, 0.15) is 0 Å². The average molecular weight is 333 g/mol. The van der Waals surface area contributed by atoms with E-state index in [0.717, 1.165) is 18.2 Å². The molecule has 0 spiro atoms. The Morgan fingerprint density at radius 2 is 2.00 bits per heavy atom. The van der Waals surface area contributed by atoms with Crippen LogP contribution in [0, 0.1) is 0 Å². The minimum Gasteiger partial charge on any atom is -0.481 e. The van der Waals surface area contributed by atoms with E-state index in [9.17, 15) is 0 Å². The summed E-state index contributed by atoms with van der Waals surface area (Å²) in [5.74, 6) is 1.42. The molecular weight excluding hydrogens is 302 g/mol. The first-order chi connectivity index (χ1) is 11.5. The molecule has 0 aromatic carbocycles. The van der Waals surface area contributed by atoms with Crippen LogP contribution in [-0.4, -0.2) is 55.2 Å². The highest BCUT2D eigenvalue weighted by Crippen LogP contribution is 2.19. The van der Waals surface area contributed by atoms with Crippen molar-refractivity contribution in [1.82, 2.24) is 20.5 Å². The van der Waals surface area contributed by atoms with Crippen LogP contribution >= 0.6 is 0 Å². The third kappa shape index (κ3) is 5.37. The maximum Gasteiger partial charge on any atom is 0.213 e. The van der Waals surface area contributed by atoms with Crippen molar-refractivity contribution in [3.05, 3.63) is 23.9 Å². The molecule has 0 radical (unpaired) electrons. The average Bonchev–Trinajstić information content (AvgIpc) is 2.62. The standard InChI is InChI=1S/C18H31N5O/c1-18(2,23-11-6-5-7-12-23)14-21-17(19-3)20-13-15-9-8-10-16(22-15)24-4/h8-10H,5-7,11-14H2,1-4H3,(H2,19,20,21). The van der Waals surface area contributed by atoms with Crippen LogP contribution in [0.3, 0.4) is 0 Å². The van der Waals surface area contributed by atoms with E-state index < -0.39 is 0 Å². The van der Waals surface area contributed by atoms with Crippen LogP contribution in [0.1, 0.15) is 38.8 Å². The molecule has 0 unspecified atom stereocenters. The molecule has 1 saturated heterocycles. The molecule has 6 heteroatoms. The van der Waals surface area contributed by atoms with Crippen molar-refractivity contribution in [1.29, 1.82) is 0 Å². The summed E-state index contributed by atoms with van der Waals surface area (Å²) in [6, 6.07) is 5.76. The highest BCUT2D eigenvalue weighted by Gasteiger charge is 2.27. The lowest BCUT2D eigenvalue weighted by Crippen LogP contribution is -2.54. The van der Waals surface area contributed by atoms with E-state index in [1.165, 1.54) is 32.4 Å². The Kier molecular flexibility index (Phi) is 6.85. The number of aliphatic imine (C=N–C) groups is 1. The van der Waals surface area contributed by atoms with Gasteiger partial charge in [-0.25, -0.2) is 4.98 Å². The molecule has 1 aliphatic rings. The Labute approximate surface area is 145 Å². The summed E-state index contributed by atoms with van der Waals surface area (Å²) < 4.78 is 5.16. The molecule has 0 bridgehead atoms. The molecule has 0 atom stereocenters. The lowest BCUT2D eigenvalue weighted by Gasteiger charge is -2.41. The van der Waals surface area contributed by atoms with Crippen LogP contribution in [0.2, 0.25) is 0 Å². The van der Waals surface area contributed by atoms with Crippen LogP contribution in [0.4, 0.5) is 0 Å². The van der Waals surface area contributed by atoms with Crippen molar-refractivity contribution in [3.8, 4) is 5.88 Å². The third-order valence-corrected chi connectivity index (χ3v) is 4.55. The molecule has 2 N–H and O–H groups in total. The number of ether oxygens (including phenoxy) is 1. The molecule has 24 heavy (non-hydrogen) atoms. The first-order valence-electron chi connectivity index (χ1n) is 8.74. The van der Waals surface area contributed by atoms with Gasteiger partial charge in [0.15, 0.2) is 5.96 Å². The Hall–Kier alpha value is -1.82. The smallest absolute Gasteiger partial charge is 0.213 e. The van der Waals surface area contributed by atoms with Crippen LogP contribution in [0.25, 0.3) is 0 Å². The molecule has 2 rings (SSSR count). The molecule has 2 heterocycles. The van der Waals surface area contributed by atoms with E-state index >= 15 is 0 Å². The minimum atomic E-state index is 0.117. The summed E-state index contributed by atoms with van der Waals surface area (Å²) in [7, 11) is 3.42. The van der Waals surface area contributed by atoms with Crippen molar-refractivity contribution in [2.24, 2.45) is 4.99 Å². The van der Waals surface area contributed by atoms with Crippen LogP contribution < -0.4 is 15.4 Å². The van der Waals surface area contributed by atoms with Gasteiger partial charge in [0.2, 0.25) is 5.88 Å². The lowest BCUT2D eigenvalue weighted by atomic mass is 9.98. The zero-order valence-corrected chi connectivity index (χ0v) is 15.4. The van der Waals surface area contributed by atoms with Crippen molar-refractivity contribution in [3.63, 3.8) is 0 Å². The van der Waals surface area contributed by atoms with E-state index in [2.05, 4.69) is 39.4 Å². The van der Waals surface area contributed by atoms with Gasteiger partial charge in [0.05, 0.1) is 19.3 Å². The number of nitrogens with one attached hydrogen (secondary N) is 2. The molecule has 6 nitrogen and oxygen atoms in total. The van der Waals surface area contributed by atoms with Crippen molar-refractivity contribution >= 4 is 5.96 Å². The molecule has 1 aromatic rings. The van der Waals surface area contributed by atoms with E-state index in [4.69, 9.17) is 4.74 Å². The zero-order valence-electron chi connectivity index (χ0n) is 15.4. The number of hydrogen-bond acceptors (Lipinski definition) is 4. The molecule has 0 saturated carbocycles. The van der Waals surface area contributed by atoms with Crippen LogP contribution in [0.15, 0.2) is 23.2 Å². The second-order valence-corrected chi connectivity index (χ2v) is 6.81. The SMILES string of the molecule is CN=C(NCc1cccc(OC)n1)NCC(C)(C)N1CCCCC1. The lowest BCUT2D eigenvalue weighted by molar-refractivity contribution is 0.0982. The number of rotatable bonds is 6. The largest absolute Gasteiger partial charge is 0.481 e. The quantitative estimate of drug-likeness (QED) is 0.616. The number of aromatic nitrogens is 1. The van der Waals surface area contributed by atoms with Gasteiger partial charge in [0.25, 0.3) is 0 Å². The van der Waals surface area contributed by atoms with Crippen molar-refractivity contribution in [2.45, 2.75) is 45.2 Å². The van der Waals surface area contributed by atoms with Gasteiger partial charge in [-0.2, -0.15) is 0 Å². The highest BCUT2D eigenvalue weighted by molar-refractivity contribution is 5.79. The summed E-state index contributed by atoms with van der Waals surface area (Å²) >= 11 is 0. The molecule has 134 valence electrons. The molecule has 1 aromatic heterocycles. The summed E-state index contributed by atoms with van der Waals surface area (Å²) in [5, 5.41) is 6.76. The maximum atomic E-state index is 5.16. The van der Waals surface area contributed by atoms with Crippen molar-refractivity contribution in [2.75, 3.05) is 33.8 Å². The number of nitrogens with zero attached hydrogens (tertiary/aromatic N) is 3. The fourth-order valence-electron chi connectivity index (χ4n) is 2.98. The zero-order chi connectivity index (χ0) is 17.4. The number of guanidine groups is 1. The Morgan fingerprint density at radius 3 is 2.67 bits per heavy atom. The monoisotopic (exact) mass is 333 g/mol. The Balaban J connectivity index is 1.83. The second-order valence-electron chi connectivity index (χ2n) is 6.81. The maximum absolute atomic E-state index is 5.16. The van der Waals surface area contributed by atoms with Gasteiger partial charge in [-0.05, 0) is 45.8 Å². The second kappa shape index (κ2) is 8.87. The summed E-state index contributed by atoms with van der Waals surface area (Å²) in [6.45, 7) is 8.44. The summed E-state index contributed by atoms with van der Waals surface area (Å²) in [4.78, 5) is 11.3. The third-order valence-electron chi connectivity index (χ3n) is 4.55.